The fourth-order valence-electron chi connectivity index (χ4n) is 5.07. The lowest BCUT2D eigenvalue weighted by atomic mass is 9.84. The number of rotatable bonds is 4. The predicted molar refractivity (Wildman–Crippen MR) is 88.7 cm³/mol. The van der Waals surface area contributed by atoms with Gasteiger partial charge in [0.05, 0.1) is 0 Å². The first-order valence-electron chi connectivity index (χ1n) is 8.77. The maximum absolute atomic E-state index is 3.81. The van der Waals surface area contributed by atoms with E-state index in [1.165, 1.54) is 55.5 Å². The summed E-state index contributed by atoms with van der Waals surface area (Å²) < 4.78 is 0. The molecule has 4 unspecified atom stereocenters. The largest absolute Gasteiger partial charge is 0.374 e. The number of nitrogens with one attached hydrogen (secondary N) is 1. The van der Waals surface area contributed by atoms with Crippen molar-refractivity contribution in [3.05, 3.63) is 29.3 Å². The summed E-state index contributed by atoms with van der Waals surface area (Å²) >= 11 is 0. The Labute approximate surface area is 128 Å². The topological polar surface area (TPSA) is 15.3 Å². The summed E-state index contributed by atoms with van der Waals surface area (Å²) in [5, 5.41) is 3.81. The van der Waals surface area contributed by atoms with Crippen LogP contribution in [0.4, 0.5) is 5.69 Å². The molecule has 2 saturated carbocycles. The lowest BCUT2D eigenvalue weighted by molar-refractivity contribution is 0.259. The first-order chi connectivity index (χ1) is 10.2. The van der Waals surface area contributed by atoms with Crippen molar-refractivity contribution in [3.63, 3.8) is 0 Å². The van der Waals surface area contributed by atoms with Crippen LogP contribution in [0.3, 0.4) is 0 Å². The SMILES string of the molecule is CC(NCc1ccc2c(c1)CCN2C)C1CC2CCC1C2. The molecule has 1 N–H and O–H groups in total. The van der Waals surface area contributed by atoms with Crippen molar-refractivity contribution in [3.8, 4) is 0 Å². The van der Waals surface area contributed by atoms with Crippen LogP contribution in [0, 0.1) is 17.8 Å². The Morgan fingerprint density at radius 2 is 2.19 bits per heavy atom. The first kappa shape index (κ1) is 13.6. The monoisotopic (exact) mass is 284 g/mol. The average Bonchev–Trinajstić information content (AvgIpc) is 3.20. The molecule has 1 aliphatic heterocycles. The smallest absolute Gasteiger partial charge is 0.0397 e. The Hall–Kier alpha value is -1.02. The van der Waals surface area contributed by atoms with E-state index in [0.717, 1.165) is 24.3 Å². The van der Waals surface area contributed by atoms with Gasteiger partial charge in [-0.05, 0) is 67.6 Å². The molecule has 2 aliphatic carbocycles. The highest BCUT2D eigenvalue weighted by Crippen LogP contribution is 2.49. The van der Waals surface area contributed by atoms with Crippen LogP contribution in [-0.4, -0.2) is 19.6 Å². The van der Waals surface area contributed by atoms with E-state index in [4.69, 9.17) is 0 Å². The Kier molecular flexibility index (Phi) is 3.45. The van der Waals surface area contributed by atoms with Crippen LogP contribution in [0.15, 0.2) is 18.2 Å². The number of anilines is 1. The zero-order valence-electron chi connectivity index (χ0n) is 13.4. The van der Waals surface area contributed by atoms with E-state index in [0.29, 0.717) is 6.04 Å². The van der Waals surface area contributed by atoms with Gasteiger partial charge >= 0.3 is 0 Å². The molecule has 1 aromatic carbocycles. The highest BCUT2D eigenvalue weighted by molar-refractivity contribution is 5.58. The standard InChI is InChI=1S/C19H28N2/c1-13(18-11-14-3-5-16(18)9-14)20-12-15-4-6-19-17(10-15)7-8-21(19)2/h4,6,10,13-14,16,18,20H,3,5,7-9,11-12H2,1-2H3. The summed E-state index contributed by atoms with van der Waals surface area (Å²) in [6.45, 7) is 4.62. The van der Waals surface area contributed by atoms with Gasteiger partial charge in [0, 0.05) is 31.9 Å². The van der Waals surface area contributed by atoms with Gasteiger partial charge in [0.25, 0.3) is 0 Å². The molecule has 0 saturated heterocycles. The fraction of sp³-hybridized carbons (Fsp3) is 0.684. The van der Waals surface area contributed by atoms with Crippen molar-refractivity contribution >= 4 is 5.69 Å². The van der Waals surface area contributed by atoms with Crippen LogP contribution in [0.5, 0.6) is 0 Å². The van der Waals surface area contributed by atoms with Gasteiger partial charge in [0.2, 0.25) is 0 Å². The van der Waals surface area contributed by atoms with E-state index in [2.05, 4.69) is 42.4 Å². The third kappa shape index (κ3) is 2.48. The van der Waals surface area contributed by atoms with Gasteiger partial charge in [-0.2, -0.15) is 0 Å². The summed E-state index contributed by atoms with van der Waals surface area (Å²) in [4.78, 5) is 2.37. The maximum Gasteiger partial charge on any atom is 0.0397 e. The van der Waals surface area contributed by atoms with E-state index < -0.39 is 0 Å². The quantitative estimate of drug-likeness (QED) is 0.909. The second-order valence-electron chi connectivity index (χ2n) is 7.64. The lowest BCUT2D eigenvalue weighted by Gasteiger charge is -2.28. The Bertz CT molecular complexity index is 524. The van der Waals surface area contributed by atoms with Gasteiger partial charge in [0.15, 0.2) is 0 Å². The van der Waals surface area contributed by atoms with E-state index in [1.54, 1.807) is 0 Å². The van der Waals surface area contributed by atoms with Gasteiger partial charge in [-0.3, -0.25) is 0 Å². The Balaban J connectivity index is 1.36. The van der Waals surface area contributed by atoms with Crippen LogP contribution in [-0.2, 0) is 13.0 Å². The molecule has 21 heavy (non-hydrogen) atoms. The molecule has 4 atom stereocenters. The highest BCUT2D eigenvalue weighted by atomic mass is 15.1. The Morgan fingerprint density at radius 3 is 2.95 bits per heavy atom. The number of nitrogens with zero attached hydrogens (tertiary/aromatic N) is 1. The third-order valence-corrected chi connectivity index (χ3v) is 6.33. The van der Waals surface area contributed by atoms with Crippen LogP contribution in [0.1, 0.15) is 43.7 Å². The number of hydrogen-bond donors (Lipinski definition) is 1. The van der Waals surface area contributed by atoms with E-state index in [9.17, 15) is 0 Å². The van der Waals surface area contributed by atoms with E-state index in [-0.39, 0.29) is 0 Å². The summed E-state index contributed by atoms with van der Waals surface area (Å²) in [7, 11) is 2.20. The van der Waals surface area contributed by atoms with Crippen molar-refractivity contribution in [1.29, 1.82) is 0 Å². The molecule has 0 amide bonds. The zero-order valence-corrected chi connectivity index (χ0v) is 13.4. The molecule has 2 heteroatoms. The van der Waals surface area contributed by atoms with Crippen LogP contribution < -0.4 is 10.2 Å². The number of likely N-dealkylation sites (N-methyl/N-ethyl adjacent to an activating group) is 1. The second kappa shape index (κ2) is 5.31. The van der Waals surface area contributed by atoms with Gasteiger partial charge in [-0.1, -0.05) is 18.6 Å². The molecular formula is C19H28N2. The maximum atomic E-state index is 3.81. The molecule has 0 radical (unpaired) electrons. The summed E-state index contributed by atoms with van der Waals surface area (Å²) in [5.74, 6) is 3.01. The molecule has 1 heterocycles. The summed E-state index contributed by atoms with van der Waals surface area (Å²) in [5.41, 5.74) is 4.42. The zero-order chi connectivity index (χ0) is 14.4. The molecule has 2 bridgehead atoms. The average molecular weight is 284 g/mol. The number of fused-ring (bicyclic) bond motifs is 3. The van der Waals surface area contributed by atoms with Crippen LogP contribution in [0.2, 0.25) is 0 Å². The first-order valence-corrected chi connectivity index (χ1v) is 8.77. The molecule has 2 nitrogen and oxygen atoms in total. The van der Waals surface area contributed by atoms with Crippen molar-refractivity contribution in [1.82, 2.24) is 5.32 Å². The summed E-state index contributed by atoms with van der Waals surface area (Å²) in [6, 6.07) is 7.71. The molecule has 4 rings (SSSR count). The van der Waals surface area contributed by atoms with Gasteiger partial charge in [-0.25, -0.2) is 0 Å². The van der Waals surface area contributed by atoms with Crippen molar-refractivity contribution in [2.45, 2.75) is 51.6 Å². The van der Waals surface area contributed by atoms with Gasteiger partial charge in [0.1, 0.15) is 0 Å². The predicted octanol–water partition coefficient (Wildman–Crippen LogP) is 3.59. The molecule has 2 fully saturated rings. The highest BCUT2D eigenvalue weighted by Gasteiger charge is 2.41. The van der Waals surface area contributed by atoms with Crippen LogP contribution in [0.25, 0.3) is 0 Å². The van der Waals surface area contributed by atoms with E-state index >= 15 is 0 Å². The molecule has 1 aromatic rings. The van der Waals surface area contributed by atoms with Gasteiger partial charge < -0.3 is 10.2 Å². The van der Waals surface area contributed by atoms with Gasteiger partial charge in [-0.15, -0.1) is 0 Å². The molecular weight excluding hydrogens is 256 g/mol. The molecule has 0 aromatic heterocycles. The molecule has 114 valence electrons. The lowest BCUT2D eigenvalue weighted by Crippen LogP contribution is -2.35. The third-order valence-electron chi connectivity index (χ3n) is 6.33. The van der Waals surface area contributed by atoms with E-state index in [1.807, 2.05) is 0 Å². The van der Waals surface area contributed by atoms with Crippen molar-refractivity contribution in [2.75, 3.05) is 18.5 Å². The summed E-state index contributed by atoms with van der Waals surface area (Å²) in [6.07, 6.45) is 7.20. The Morgan fingerprint density at radius 1 is 1.29 bits per heavy atom. The minimum atomic E-state index is 0.677. The second-order valence-corrected chi connectivity index (χ2v) is 7.64. The molecule has 3 aliphatic rings. The number of hydrogen-bond acceptors (Lipinski definition) is 2. The van der Waals surface area contributed by atoms with Crippen molar-refractivity contribution in [2.24, 2.45) is 17.8 Å². The normalized spacial score (nSPS) is 31.7. The van der Waals surface area contributed by atoms with Crippen LogP contribution >= 0.6 is 0 Å². The van der Waals surface area contributed by atoms with Crippen molar-refractivity contribution < 1.29 is 0 Å². The number of benzene rings is 1. The molecule has 0 spiro atoms. The minimum absolute atomic E-state index is 0.677. The fourth-order valence-corrected chi connectivity index (χ4v) is 5.07. The minimum Gasteiger partial charge on any atom is -0.374 e.